The second kappa shape index (κ2) is 25.5. The van der Waals surface area contributed by atoms with Gasteiger partial charge in [-0.05, 0) is 146 Å². The first-order valence-corrected chi connectivity index (χ1v) is 26.6. The van der Waals surface area contributed by atoms with Crippen molar-refractivity contribution >= 4 is 46.2 Å². The normalized spacial score (nSPS) is 14.5. The number of hydrogen-bond acceptors (Lipinski definition) is 15. The van der Waals surface area contributed by atoms with Gasteiger partial charge in [-0.2, -0.15) is 0 Å². The number of anilines is 1. The molecule has 20 heteroatoms. The van der Waals surface area contributed by atoms with Gasteiger partial charge in [0.15, 0.2) is 0 Å². The maximum absolute atomic E-state index is 12.3. The van der Waals surface area contributed by atoms with Gasteiger partial charge in [0.05, 0.1) is 0 Å². The van der Waals surface area contributed by atoms with Crippen LogP contribution >= 0.6 is 34.6 Å². The summed E-state index contributed by atoms with van der Waals surface area (Å²) in [5.41, 5.74) is 0.414. The molecule has 1 aliphatic heterocycles. The number of hydrogen-bond donors (Lipinski definition) is 1. The number of nitrogens with zero attached hydrogens (tertiary/aromatic N) is 3. The molecule has 0 spiro atoms. The molecule has 7 rings (SSSR count). The lowest BCUT2D eigenvalue weighted by Gasteiger charge is -2.33. The zero-order valence-electron chi connectivity index (χ0n) is 38.4. The molecule has 1 unspecified atom stereocenters. The van der Waals surface area contributed by atoms with Gasteiger partial charge in [-0.25, -0.2) is 0 Å². The SMILES string of the molecule is C#CCOc1ccc(OP2(Oc3ccc(NC(=O)CCl)cc3)=NP(Oc3ccc(OCC#C)cc3)(Oc3ccc(OCC#C)cc3)=NP(Oc3ccc(OCC#C)cc3)(Oc3ccc(OCC#C)cc3)=N2)cc1. The highest BCUT2D eigenvalue weighted by Crippen LogP contribution is 2.78. The zero-order chi connectivity index (χ0) is 51.4. The molecule has 1 heterocycles. The molecule has 0 bridgehead atoms. The number of carbonyl (C=O) groups excluding carboxylic acids is 1. The predicted molar refractivity (Wildman–Crippen MR) is 281 cm³/mol. The molecular weight excluding hydrogens is 1010 g/mol. The van der Waals surface area contributed by atoms with Crippen molar-refractivity contribution in [1.82, 2.24) is 0 Å². The fourth-order valence-corrected chi connectivity index (χ4v) is 15.1. The molecule has 1 amide bonds. The largest absolute Gasteiger partial charge is 0.481 e. The van der Waals surface area contributed by atoms with Gasteiger partial charge in [-0.15, -0.1) is 43.7 Å². The van der Waals surface area contributed by atoms with Crippen LogP contribution in [0.15, 0.2) is 159 Å². The van der Waals surface area contributed by atoms with E-state index in [4.69, 9.17) is 108 Å². The van der Waals surface area contributed by atoms with E-state index in [1.165, 1.54) is 0 Å². The van der Waals surface area contributed by atoms with E-state index in [2.05, 4.69) is 34.9 Å². The number of benzene rings is 6. The number of ether oxygens (including phenoxy) is 5. The molecule has 0 radical (unpaired) electrons. The molecule has 0 saturated heterocycles. The number of nitrogens with one attached hydrogen (secondary N) is 1. The maximum atomic E-state index is 12.3. The molecule has 0 fully saturated rings. The number of amides is 1. The van der Waals surface area contributed by atoms with Gasteiger partial charge in [0.1, 0.15) is 102 Å². The van der Waals surface area contributed by atoms with Crippen LogP contribution in [-0.2, 0) is 4.79 Å². The first kappa shape index (κ1) is 52.2. The summed E-state index contributed by atoms with van der Waals surface area (Å²) in [6.45, 7) is 0.0763. The highest BCUT2D eigenvalue weighted by Gasteiger charge is 2.49. The van der Waals surface area contributed by atoms with Crippen molar-refractivity contribution in [1.29, 1.82) is 0 Å². The van der Waals surface area contributed by atoms with Crippen LogP contribution in [0, 0.1) is 61.7 Å². The van der Waals surface area contributed by atoms with Gasteiger partial charge in [-0.3, -0.25) is 4.79 Å². The molecular formula is C53H42ClN4O12P3. The third kappa shape index (κ3) is 15.2. The number of halogens is 1. The lowest BCUT2D eigenvalue weighted by Crippen LogP contribution is -2.12. The Labute approximate surface area is 428 Å². The van der Waals surface area contributed by atoms with Crippen molar-refractivity contribution in [3.8, 4) is 125 Å². The lowest BCUT2D eigenvalue weighted by molar-refractivity contribution is -0.113. The molecule has 16 nitrogen and oxygen atoms in total. The van der Waals surface area contributed by atoms with Crippen LogP contribution in [0.1, 0.15) is 0 Å². The second-order valence-corrected chi connectivity index (χ2v) is 20.8. The Balaban J connectivity index is 1.53. The predicted octanol–water partition coefficient (Wildman–Crippen LogP) is 12.5. The molecule has 6 aromatic rings. The van der Waals surface area contributed by atoms with E-state index < -0.39 is 28.9 Å². The third-order valence-electron chi connectivity index (χ3n) is 9.01. The van der Waals surface area contributed by atoms with Crippen molar-refractivity contribution in [2.75, 3.05) is 44.2 Å². The van der Waals surface area contributed by atoms with Gasteiger partial charge in [0, 0.05) is 5.69 Å². The lowest BCUT2D eigenvalue weighted by atomic mass is 10.3. The van der Waals surface area contributed by atoms with E-state index in [9.17, 15) is 4.79 Å². The summed E-state index contributed by atoms with van der Waals surface area (Å²) in [4.78, 5) is 12.3. The average molecular weight is 1060 g/mol. The Hall–Kier alpha value is -8.63. The monoisotopic (exact) mass is 1050 g/mol. The molecule has 1 N–H and O–H groups in total. The van der Waals surface area contributed by atoms with E-state index in [1.54, 1.807) is 146 Å². The van der Waals surface area contributed by atoms with Crippen molar-refractivity contribution < 1.29 is 55.6 Å². The Morgan fingerprint density at radius 3 is 0.753 bits per heavy atom. The van der Waals surface area contributed by atoms with E-state index >= 15 is 0 Å². The van der Waals surface area contributed by atoms with E-state index in [-0.39, 0.29) is 73.4 Å². The van der Waals surface area contributed by atoms with Crippen molar-refractivity contribution in [2.45, 2.75) is 0 Å². The van der Waals surface area contributed by atoms with Crippen LogP contribution in [0.3, 0.4) is 0 Å². The Morgan fingerprint density at radius 1 is 0.370 bits per heavy atom. The van der Waals surface area contributed by atoms with Crippen LogP contribution in [0.5, 0.6) is 63.2 Å². The first-order valence-electron chi connectivity index (χ1n) is 21.4. The quantitative estimate of drug-likeness (QED) is 0.0347. The standard InChI is InChI=1S/C53H42ClN4O12P3/c1-6-35-60-42-15-25-48(26-16-42)66-71(65-47-13-11-41(12-14-47)55-53(59)40-54)56-72(67-49-27-17-43(18-28-49)61-36-7-2,68-50-29-19-44(20-30-50)62-37-8-3)58-73(57-71,69-51-31-21-45(22-32-51)63-38-9-4)70-52-33-23-46(24-34-52)64-39-10-5/h1-5,11-34H,35-40H2,(H,55,59). The average Bonchev–Trinajstić information content (AvgIpc) is 3.40. The fourth-order valence-electron chi connectivity index (χ4n) is 5.98. The van der Waals surface area contributed by atoms with Crippen LogP contribution in [0.4, 0.5) is 5.69 Å². The summed E-state index contributed by atoms with van der Waals surface area (Å²) in [5, 5.41) is 2.71. The molecule has 0 aliphatic carbocycles. The van der Waals surface area contributed by atoms with Gasteiger partial charge < -0.3 is 56.1 Å². The summed E-state index contributed by atoms with van der Waals surface area (Å²) >= 11 is 5.80. The van der Waals surface area contributed by atoms with Crippen molar-refractivity contribution in [3.05, 3.63) is 146 Å². The Bertz CT molecular complexity index is 2980. The number of alkyl halides is 1. The van der Waals surface area contributed by atoms with E-state index in [0.717, 1.165) is 0 Å². The Morgan fingerprint density at radius 2 is 0.562 bits per heavy atom. The summed E-state index contributed by atoms with van der Waals surface area (Å²) in [6.07, 6.45) is 27.4. The summed E-state index contributed by atoms with van der Waals surface area (Å²) < 4.78 is 85.6. The minimum atomic E-state index is -4.42. The summed E-state index contributed by atoms with van der Waals surface area (Å²) in [7, 11) is -13.2. The van der Waals surface area contributed by atoms with Gasteiger partial charge in [-0.1, -0.05) is 43.1 Å². The minimum Gasteiger partial charge on any atom is -0.481 e. The van der Waals surface area contributed by atoms with Gasteiger partial charge >= 0.3 is 23.0 Å². The van der Waals surface area contributed by atoms with Crippen LogP contribution in [-0.4, -0.2) is 44.8 Å². The molecule has 1 aliphatic rings. The Kier molecular flexibility index (Phi) is 18.2. The molecule has 368 valence electrons. The van der Waals surface area contributed by atoms with E-state index in [0.29, 0.717) is 34.4 Å². The van der Waals surface area contributed by atoms with Crippen LogP contribution in [0.25, 0.3) is 0 Å². The topological polar surface area (TPSA) is 168 Å². The zero-order valence-corrected chi connectivity index (χ0v) is 41.9. The minimum absolute atomic E-state index is 0.0131. The molecule has 6 aromatic carbocycles. The van der Waals surface area contributed by atoms with Crippen molar-refractivity contribution in [3.63, 3.8) is 0 Å². The van der Waals surface area contributed by atoms with Crippen molar-refractivity contribution in [2.24, 2.45) is 13.5 Å². The maximum Gasteiger partial charge on any atom is 0.460 e. The summed E-state index contributed by atoms with van der Waals surface area (Å²) in [6, 6.07) is 38.8. The fraction of sp³-hybridized carbons (Fsp3) is 0.113. The molecule has 1 atom stereocenters. The molecule has 0 aromatic heterocycles. The third-order valence-corrected chi connectivity index (χ3v) is 17.4. The number of terminal acetylenes is 5. The van der Waals surface area contributed by atoms with Gasteiger partial charge in [0.2, 0.25) is 5.91 Å². The second-order valence-electron chi connectivity index (χ2n) is 14.3. The van der Waals surface area contributed by atoms with E-state index in [1.807, 2.05) is 0 Å². The molecule has 0 saturated carbocycles. The van der Waals surface area contributed by atoms with Gasteiger partial charge in [0.25, 0.3) is 0 Å². The van der Waals surface area contributed by atoms with Crippen LogP contribution in [0.2, 0.25) is 0 Å². The highest BCUT2D eigenvalue weighted by molar-refractivity contribution is 7.79. The highest BCUT2D eigenvalue weighted by atomic mass is 35.5. The number of carbonyl (C=O) groups is 1. The first-order chi connectivity index (χ1) is 35.6. The smallest absolute Gasteiger partial charge is 0.460 e. The summed E-state index contributed by atoms with van der Waals surface area (Å²) in [5.74, 6) is 14.9. The molecule has 73 heavy (non-hydrogen) atoms. The van der Waals surface area contributed by atoms with Crippen LogP contribution < -0.4 is 56.1 Å². The number of rotatable bonds is 24.